The van der Waals surface area contributed by atoms with Crippen LogP contribution in [-0.4, -0.2) is 63.6 Å². The molecule has 0 unspecified atom stereocenters. The molecule has 1 aromatic carbocycles. The highest BCUT2D eigenvalue weighted by Crippen LogP contribution is 2.31. The van der Waals surface area contributed by atoms with Crippen molar-refractivity contribution in [1.29, 1.82) is 0 Å². The molecule has 0 aliphatic heterocycles. The molecule has 4 aromatic heterocycles. The number of anilines is 1. The van der Waals surface area contributed by atoms with Gasteiger partial charge in [-0.3, -0.25) is 4.79 Å². The quantitative estimate of drug-likeness (QED) is 0.326. The molecule has 16 heteroatoms. The van der Waals surface area contributed by atoms with Crippen LogP contribution in [0.4, 0.5) is 14.5 Å². The van der Waals surface area contributed by atoms with Gasteiger partial charge in [0.25, 0.3) is 11.9 Å². The van der Waals surface area contributed by atoms with Crippen LogP contribution in [0.3, 0.4) is 0 Å². The number of carboxylic acids is 1. The molecule has 4 heterocycles. The van der Waals surface area contributed by atoms with Gasteiger partial charge in [-0.25, -0.2) is 19.1 Å². The predicted molar refractivity (Wildman–Crippen MR) is 127 cm³/mol. The van der Waals surface area contributed by atoms with E-state index in [1.54, 1.807) is 19.1 Å². The Morgan fingerprint density at radius 3 is 2.53 bits per heavy atom. The van der Waals surface area contributed by atoms with Gasteiger partial charge in [-0.2, -0.15) is 28.8 Å². The van der Waals surface area contributed by atoms with Crippen molar-refractivity contribution in [2.45, 2.75) is 6.92 Å². The van der Waals surface area contributed by atoms with E-state index < -0.39 is 30.0 Å². The second-order valence-electron chi connectivity index (χ2n) is 7.68. The van der Waals surface area contributed by atoms with E-state index in [-0.39, 0.29) is 44.6 Å². The third-order valence-electron chi connectivity index (χ3n) is 5.29. The number of fused-ring (bicyclic) bond motifs is 1. The molecule has 0 saturated heterocycles. The molecule has 0 aliphatic carbocycles. The van der Waals surface area contributed by atoms with E-state index >= 15 is 0 Å². The van der Waals surface area contributed by atoms with Crippen molar-refractivity contribution in [3.63, 3.8) is 0 Å². The number of nitrogens with one attached hydrogen (secondary N) is 1. The van der Waals surface area contributed by atoms with E-state index in [1.807, 2.05) is 0 Å². The molecule has 0 atom stereocenters. The zero-order valence-electron chi connectivity index (χ0n) is 19.3. The van der Waals surface area contributed by atoms with Crippen LogP contribution in [0.2, 0.25) is 5.02 Å². The highest BCUT2D eigenvalue weighted by atomic mass is 35.5. The third-order valence-corrected chi connectivity index (χ3v) is 5.59. The molecule has 0 spiro atoms. The molecule has 38 heavy (non-hydrogen) atoms. The summed E-state index contributed by atoms with van der Waals surface area (Å²) in [4.78, 5) is 39.4. The largest absolute Gasteiger partial charge is 0.480 e. The molecule has 0 aliphatic rings. The first kappa shape index (κ1) is 24.6. The number of aromatic carboxylic acids is 1. The summed E-state index contributed by atoms with van der Waals surface area (Å²) in [5.74, 6) is -2.46. The van der Waals surface area contributed by atoms with Crippen molar-refractivity contribution in [1.82, 2.24) is 39.5 Å². The number of carbonyl (C=O) groups excluding carboxylic acids is 1. The first-order valence-electron chi connectivity index (χ1n) is 10.6. The van der Waals surface area contributed by atoms with Crippen molar-refractivity contribution in [3.8, 4) is 17.6 Å². The van der Waals surface area contributed by atoms with E-state index in [0.29, 0.717) is 5.56 Å². The molecule has 0 radical (unpaired) electrons. The minimum absolute atomic E-state index is 0.0556. The van der Waals surface area contributed by atoms with Gasteiger partial charge in [0.15, 0.2) is 5.82 Å². The van der Waals surface area contributed by atoms with Gasteiger partial charge < -0.3 is 15.2 Å². The number of ether oxygens (including phenoxy) is 1. The molecule has 0 saturated carbocycles. The predicted octanol–water partition coefficient (Wildman–Crippen LogP) is 2.99. The summed E-state index contributed by atoms with van der Waals surface area (Å²) in [6, 6.07) is 6.01. The lowest BCUT2D eigenvalue weighted by atomic mass is 10.0. The van der Waals surface area contributed by atoms with Crippen LogP contribution in [0, 0.1) is 19.1 Å². The Balaban J connectivity index is 1.61. The molecule has 0 fully saturated rings. The number of amides is 1. The Morgan fingerprint density at radius 2 is 1.87 bits per heavy atom. The molecule has 5 aromatic rings. The van der Waals surface area contributed by atoms with E-state index in [9.17, 15) is 23.5 Å². The SMILES string of the molecule is COc1cc(C(=O)Nc2c(C)cc3cn(-c4nc(F)nc(F)n4)nc3c2C(=O)O)n(-c2ncccc2Cl)n1. The first-order chi connectivity index (χ1) is 18.2. The summed E-state index contributed by atoms with van der Waals surface area (Å²) < 4.78 is 34.2. The summed E-state index contributed by atoms with van der Waals surface area (Å²) in [5, 5.41) is 21.4. The second-order valence-corrected chi connectivity index (χ2v) is 8.09. The Morgan fingerprint density at radius 1 is 1.13 bits per heavy atom. The topological polar surface area (TPSA) is 163 Å². The Bertz CT molecular complexity index is 1730. The van der Waals surface area contributed by atoms with Gasteiger partial charge in [0.1, 0.15) is 16.8 Å². The minimum Gasteiger partial charge on any atom is -0.480 e. The van der Waals surface area contributed by atoms with Crippen molar-refractivity contribution in [3.05, 3.63) is 70.7 Å². The summed E-state index contributed by atoms with van der Waals surface area (Å²) in [6.45, 7) is 1.56. The maximum atomic E-state index is 13.5. The standard InChI is InChI=1S/C22H14ClF2N9O4/c1-9-6-10-8-33(22-29-20(24)28-21(25)30-22)32-16(10)14(19(36)37)15(9)27-18(35)12-7-13(38-2)31-34(12)17-11(23)4-3-5-26-17/h3-8H,1-2H3,(H,27,35)(H,36,37). The number of carbonyl (C=O) groups is 2. The van der Waals surface area contributed by atoms with Gasteiger partial charge in [-0.15, -0.1) is 5.10 Å². The molecule has 192 valence electrons. The maximum absolute atomic E-state index is 13.5. The molecule has 1 amide bonds. The Labute approximate surface area is 215 Å². The molecular formula is C22H14ClF2N9O4. The number of hydrogen-bond donors (Lipinski definition) is 2. The van der Waals surface area contributed by atoms with Gasteiger partial charge in [0.2, 0.25) is 5.88 Å². The van der Waals surface area contributed by atoms with Gasteiger partial charge in [-0.05, 0) is 30.7 Å². The lowest BCUT2D eigenvalue weighted by Gasteiger charge is -2.13. The Kier molecular flexibility index (Phi) is 6.12. The van der Waals surface area contributed by atoms with Gasteiger partial charge in [0, 0.05) is 23.8 Å². The van der Waals surface area contributed by atoms with Gasteiger partial charge in [0.05, 0.1) is 17.8 Å². The normalized spacial score (nSPS) is 11.1. The Hall–Kier alpha value is -5.05. The average Bonchev–Trinajstić information content (AvgIpc) is 3.48. The molecule has 2 N–H and O–H groups in total. The van der Waals surface area contributed by atoms with E-state index in [2.05, 4.69) is 35.5 Å². The van der Waals surface area contributed by atoms with Gasteiger partial charge in [-0.1, -0.05) is 11.6 Å². The van der Waals surface area contributed by atoms with Crippen molar-refractivity contribution >= 4 is 40.1 Å². The van der Waals surface area contributed by atoms with Gasteiger partial charge >= 0.3 is 18.1 Å². The summed E-state index contributed by atoms with van der Waals surface area (Å²) in [6.07, 6.45) is -0.0140. The first-order valence-corrected chi connectivity index (χ1v) is 10.9. The fourth-order valence-corrected chi connectivity index (χ4v) is 3.89. The number of carboxylic acid groups (broad SMARTS) is 1. The summed E-state index contributed by atoms with van der Waals surface area (Å²) >= 11 is 6.23. The molecule has 13 nitrogen and oxygen atoms in total. The van der Waals surface area contributed by atoms with Crippen molar-refractivity contribution in [2.24, 2.45) is 0 Å². The number of benzene rings is 1. The highest BCUT2D eigenvalue weighted by molar-refractivity contribution is 6.32. The zero-order chi connectivity index (χ0) is 27.1. The fraction of sp³-hybridized carbons (Fsp3) is 0.0909. The third kappa shape index (κ3) is 4.34. The van der Waals surface area contributed by atoms with Crippen molar-refractivity contribution in [2.75, 3.05) is 12.4 Å². The monoisotopic (exact) mass is 541 g/mol. The number of rotatable bonds is 6. The summed E-state index contributed by atoms with van der Waals surface area (Å²) in [5.41, 5.74) is -0.258. The van der Waals surface area contributed by atoms with Crippen LogP contribution in [0.25, 0.3) is 22.7 Å². The number of halogens is 3. The number of hydrogen-bond acceptors (Lipinski definition) is 9. The number of nitrogens with zero attached hydrogens (tertiary/aromatic N) is 8. The number of aromatic nitrogens is 8. The lowest BCUT2D eigenvalue weighted by molar-refractivity contribution is 0.0699. The number of aryl methyl sites for hydroxylation is 1. The highest BCUT2D eigenvalue weighted by Gasteiger charge is 2.26. The lowest BCUT2D eigenvalue weighted by Crippen LogP contribution is -2.20. The van der Waals surface area contributed by atoms with E-state index in [0.717, 1.165) is 9.36 Å². The smallest absolute Gasteiger partial charge is 0.340 e. The van der Waals surface area contributed by atoms with Crippen LogP contribution in [0.1, 0.15) is 26.4 Å². The number of methoxy groups -OCH3 is 1. The zero-order valence-corrected chi connectivity index (χ0v) is 20.1. The van der Waals surface area contributed by atoms with Crippen LogP contribution in [0.5, 0.6) is 5.88 Å². The van der Waals surface area contributed by atoms with Crippen LogP contribution in [0.15, 0.2) is 36.7 Å². The second kappa shape index (κ2) is 9.44. The van der Waals surface area contributed by atoms with Crippen LogP contribution in [-0.2, 0) is 0 Å². The van der Waals surface area contributed by atoms with Crippen LogP contribution < -0.4 is 10.1 Å². The molecule has 5 rings (SSSR count). The van der Waals surface area contributed by atoms with Crippen LogP contribution >= 0.6 is 11.6 Å². The summed E-state index contributed by atoms with van der Waals surface area (Å²) in [7, 11) is 1.36. The fourth-order valence-electron chi connectivity index (χ4n) is 3.69. The molecular weight excluding hydrogens is 528 g/mol. The van der Waals surface area contributed by atoms with Crippen molar-refractivity contribution < 1.29 is 28.2 Å². The average molecular weight is 542 g/mol. The molecule has 0 bridgehead atoms. The maximum Gasteiger partial charge on any atom is 0.340 e. The van der Waals surface area contributed by atoms with E-state index in [1.165, 1.54) is 31.6 Å². The van der Waals surface area contributed by atoms with E-state index in [4.69, 9.17) is 16.3 Å². The minimum atomic E-state index is -1.42. The number of pyridine rings is 1.